The number of piperazine rings is 1. The van der Waals surface area contributed by atoms with Crippen LogP contribution in [0.5, 0.6) is 0 Å². The molecule has 3 rings (SSSR count). The fraction of sp³-hybridized carbons (Fsp3) is 0.375. The van der Waals surface area contributed by atoms with Crippen LogP contribution in [0, 0.1) is 6.92 Å². The predicted molar refractivity (Wildman–Crippen MR) is 105 cm³/mol. The van der Waals surface area contributed by atoms with Crippen LogP contribution in [0.4, 0.5) is 0 Å². The number of aromatic amines is 1. The lowest BCUT2D eigenvalue weighted by Crippen LogP contribution is -2.50. The minimum absolute atomic E-state index is 0.0306. The second-order valence-corrected chi connectivity index (χ2v) is 10.1. The van der Waals surface area contributed by atoms with Crippen molar-refractivity contribution in [2.75, 3.05) is 26.2 Å². The first-order valence-corrected chi connectivity index (χ1v) is 11.1. The van der Waals surface area contributed by atoms with E-state index in [4.69, 9.17) is 23.2 Å². The number of carbonyl (C=O) groups is 1. The Bertz CT molecular complexity index is 1020. The number of hydrogen-bond acceptors (Lipinski definition) is 5. The van der Waals surface area contributed by atoms with Crippen LogP contribution < -0.4 is 4.87 Å². The van der Waals surface area contributed by atoms with Crippen LogP contribution in [0.1, 0.15) is 11.3 Å². The summed E-state index contributed by atoms with van der Waals surface area (Å²) in [4.78, 5) is 27.6. The molecule has 11 heteroatoms. The van der Waals surface area contributed by atoms with Gasteiger partial charge in [-0.2, -0.15) is 4.31 Å². The van der Waals surface area contributed by atoms with Crippen LogP contribution >= 0.6 is 34.5 Å². The molecule has 7 nitrogen and oxygen atoms in total. The highest BCUT2D eigenvalue weighted by Gasteiger charge is 2.32. The maximum atomic E-state index is 12.7. The van der Waals surface area contributed by atoms with Gasteiger partial charge in [-0.3, -0.25) is 9.59 Å². The molecule has 1 N–H and O–H groups in total. The molecule has 2 aromatic rings. The highest BCUT2D eigenvalue weighted by Crippen LogP contribution is 2.24. The fourth-order valence-corrected chi connectivity index (χ4v) is 6.05. The van der Waals surface area contributed by atoms with Gasteiger partial charge < -0.3 is 9.88 Å². The molecule has 1 aliphatic rings. The Hall–Kier alpha value is -1.39. The zero-order valence-corrected chi connectivity index (χ0v) is 17.5. The molecule has 0 saturated carbocycles. The number of hydrogen-bond donors (Lipinski definition) is 1. The molecule has 0 unspecified atom stereocenters. The Balaban J connectivity index is 1.64. The summed E-state index contributed by atoms with van der Waals surface area (Å²) in [6.07, 6.45) is 0.169. The topological polar surface area (TPSA) is 90.5 Å². The number of thiazole rings is 1. The van der Waals surface area contributed by atoms with Gasteiger partial charge in [0.05, 0.1) is 16.5 Å². The fourth-order valence-electron chi connectivity index (χ4n) is 2.87. The number of halogens is 2. The van der Waals surface area contributed by atoms with Crippen LogP contribution in [0.25, 0.3) is 0 Å². The van der Waals surface area contributed by atoms with Gasteiger partial charge in [0.2, 0.25) is 5.91 Å². The summed E-state index contributed by atoms with van der Waals surface area (Å²) in [5.41, 5.74) is 1.08. The summed E-state index contributed by atoms with van der Waals surface area (Å²) in [5.74, 6) is -0.104. The zero-order valence-electron chi connectivity index (χ0n) is 14.4. The number of H-pyrrole nitrogens is 1. The van der Waals surface area contributed by atoms with E-state index >= 15 is 0 Å². The smallest absolute Gasteiger partial charge is 0.305 e. The molecule has 0 bridgehead atoms. The van der Waals surface area contributed by atoms with Crippen molar-refractivity contribution < 1.29 is 13.2 Å². The lowest BCUT2D eigenvalue weighted by molar-refractivity contribution is -0.131. The lowest BCUT2D eigenvalue weighted by atomic mass is 10.1. The Morgan fingerprint density at radius 1 is 1.19 bits per heavy atom. The molecular weight excluding hydrogens is 433 g/mol. The van der Waals surface area contributed by atoms with Crippen LogP contribution in [0.3, 0.4) is 0 Å². The summed E-state index contributed by atoms with van der Waals surface area (Å²) in [6, 6.07) is 5.03. The van der Waals surface area contributed by atoms with Gasteiger partial charge in [-0.15, -0.1) is 0 Å². The molecule has 0 radical (unpaired) electrons. The van der Waals surface area contributed by atoms with E-state index < -0.39 is 14.9 Å². The third-order valence-electron chi connectivity index (χ3n) is 4.29. The summed E-state index contributed by atoms with van der Waals surface area (Å²) < 4.78 is 26.7. The maximum absolute atomic E-state index is 12.7. The minimum Gasteiger partial charge on any atom is -0.340 e. The van der Waals surface area contributed by atoms with Gasteiger partial charge in [-0.1, -0.05) is 40.6 Å². The predicted octanol–water partition coefficient (Wildman–Crippen LogP) is 2.13. The van der Waals surface area contributed by atoms with Gasteiger partial charge in [0.1, 0.15) is 0 Å². The number of nitrogens with zero attached hydrogens (tertiary/aromatic N) is 2. The number of benzene rings is 1. The van der Waals surface area contributed by atoms with E-state index in [1.807, 2.05) is 0 Å². The van der Waals surface area contributed by atoms with E-state index in [0.717, 1.165) is 5.56 Å². The van der Waals surface area contributed by atoms with Crippen molar-refractivity contribution >= 4 is 50.5 Å². The number of rotatable bonds is 4. The van der Waals surface area contributed by atoms with Gasteiger partial charge in [0, 0.05) is 31.9 Å². The molecule has 1 aliphatic heterocycles. The summed E-state index contributed by atoms with van der Waals surface area (Å²) in [6.45, 7) is 2.50. The molecule has 0 spiro atoms. The molecule has 27 heavy (non-hydrogen) atoms. The highest BCUT2D eigenvalue weighted by molar-refractivity contribution is 7.91. The Labute approximate surface area is 170 Å². The number of carbonyl (C=O) groups excluding carboxylic acids is 1. The van der Waals surface area contributed by atoms with Crippen molar-refractivity contribution in [3.8, 4) is 0 Å². The number of amides is 1. The van der Waals surface area contributed by atoms with E-state index in [-0.39, 0.29) is 42.7 Å². The first-order valence-electron chi connectivity index (χ1n) is 8.10. The molecule has 1 aromatic heterocycles. The molecule has 1 aromatic carbocycles. The van der Waals surface area contributed by atoms with Crippen molar-refractivity contribution in [3.63, 3.8) is 0 Å². The molecule has 1 amide bonds. The highest BCUT2D eigenvalue weighted by atomic mass is 35.5. The summed E-state index contributed by atoms with van der Waals surface area (Å²) in [5, 5.41) is 0.813. The monoisotopic (exact) mass is 449 g/mol. The minimum atomic E-state index is -3.74. The molecule has 0 aliphatic carbocycles. The van der Waals surface area contributed by atoms with Crippen molar-refractivity contribution in [2.24, 2.45) is 0 Å². The third-order valence-corrected chi connectivity index (χ3v) is 8.51. The largest absolute Gasteiger partial charge is 0.340 e. The SMILES string of the molecule is Cc1[nH]c(=O)sc1S(=O)(=O)N1CCN(C(=O)Cc2ccc(Cl)c(Cl)c2)CC1. The normalized spacial score (nSPS) is 15.9. The third kappa shape index (κ3) is 4.38. The van der Waals surface area contributed by atoms with Gasteiger partial charge >= 0.3 is 4.87 Å². The first-order chi connectivity index (χ1) is 12.7. The van der Waals surface area contributed by atoms with Crippen LogP contribution in [-0.4, -0.2) is 54.7 Å². The molecule has 146 valence electrons. The number of aromatic nitrogens is 1. The van der Waals surface area contributed by atoms with E-state index in [1.54, 1.807) is 30.0 Å². The van der Waals surface area contributed by atoms with Crippen LogP contribution in [0.15, 0.2) is 27.2 Å². The van der Waals surface area contributed by atoms with Gasteiger partial charge in [-0.25, -0.2) is 8.42 Å². The van der Waals surface area contributed by atoms with Gasteiger partial charge in [0.25, 0.3) is 10.0 Å². The molecule has 2 heterocycles. The summed E-state index contributed by atoms with van der Waals surface area (Å²) in [7, 11) is -3.74. The zero-order chi connectivity index (χ0) is 19.8. The average molecular weight is 450 g/mol. The van der Waals surface area contributed by atoms with E-state index in [0.29, 0.717) is 27.1 Å². The van der Waals surface area contributed by atoms with Crippen LogP contribution in [-0.2, 0) is 21.2 Å². The molecular formula is C16H17Cl2N3O4S2. The Morgan fingerprint density at radius 3 is 2.41 bits per heavy atom. The number of aryl methyl sites for hydroxylation is 1. The average Bonchev–Trinajstić information content (AvgIpc) is 2.97. The van der Waals surface area contributed by atoms with E-state index in [1.165, 1.54) is 4.31 Å². The van der Waals surface area contributed by atoms with Crippen molar-refractivity contribution in [3.05, 3.63) is 49.2 Å². The van der Waals surface area contributed by atoms with Crippen molar-refractivity contribution in [1.82, 2.24) is 14.2 Å². The summed E-state index contributed by atoms with van der Waals surface area (Å²) >= 11 is 12.5. The van der Waals surface area contributed by atoms with Crippen molar-refractivity contribution in [1.29, 1.82) is 0 Å². The Morgan fingerprint density at radius 2 is 1.85 bits per heavy atom. The van der Waals surface area contributed by atoms with E-state index in [2.05, 4.69) is 4.98 Å². The van der Waals surface area contributed by atoms with Crippen molar-refractivity contribution in [2.45, 2.75) is 17.6 Å². The van der Waals surface area contributed by atoms with Crippen LogP contribution in [0.2, 0.25) is 10.0 Å². The maximum Gasteiger partial charge on any atom is 0.305 e. The molecule has 0 atom stereocenters. The number of sulfonamides is 1. The molecule has 1 saturated heterocycles. The second-order valence-electron chi connectivity index (χ2n) is 6.14. The standard InChI is InChI=1S/C16H17Cl2N3O4S2/c1-10-15(26-16(23)19-10)27(24,25)21-6-4-20(5-7-21)14(22)9-11-2-3-12(17)13(18)8-11/h2-3,8H,4-7,9H2,1H3,(H,19,23). The Kier molecular flexibility index (Phi) is 5.97. The molecule has 1 fully saturated rings. The lowest BCUT2D eigenvalue weighted by Gasteiger charge is -2.33. The first kappa shape index (κ1) is 20.3. The van der Waals surface area contributed by atoms with Gasteiger partial charge in [0.15, 0.2) is 4.21 Å². The quantitative estimate of drug-likeness (QED) is 0.773. The second kappa shape index (κ2) is 7.92. The van der Waals surface area contributed by atoms with Gasteiger partial charge in [-0.05, 0) is 24.6 Å². The van der Waals surface area contributed by atoms with E-state index in [9.17, 15) is 18.0 Å². The number of nitrogens with one attached hydrogen (secondary N) is 1.